The van der Waals surface area contributed by atoms with Crippen molar-refractivity contribution in [2.24, 2.45) is 5.92 Å². The van der Waals surface area contributed by atoms with Gasteiger partial charge in [0.05, 0.1) is 16.6 Å². The third-order valence-corrected chi connectivity index (χ3v) is 4.21. The highest BCUT2D eigenvalue weighted by Crippen LogP contribution is 2.34. The summed E-state index contributed by atoms with van der Waals surface area (Å²) >= 11 is 0. The lowest BCUT2D eigenvalue weighted by Crippen LogP contribution is -2.35. The van der Waals surface area contributed by atoms with Gasteiger partial charge in [-0.15, -0.1) is 0 Å². The molecule has 0 heterocycles. The summed E-state index contributed by atoms with van der Waals surface area (Å²) in [6.07, 6.45) is 4.46. The molecule has 0 radical (unpaired) electrons. The number of anilines is 1. The maximum atomic E-state index is 11.2. The van der Waals surface area contributed by atoms with Crippen molar-refractivity contribution >= 4 is 11.4 Å². The number of nitriles is 1. The number of nitro benzene ring substituents is 1. The summed E-state index contributed by atoms with van der Waals surface area (Å²) in [5.74, 6) is 0.746. The van der Waals surface area contributed by atoms with Crippen molar-refractivity contribution < 1.29 is 4.92 Å². The highest BCUT2D eigenvalue weighted by atomic mass is 16.6. The number of hydrogen-bond donors (Lipinski definition) is 0. The third kappa shape index (κ3) is 2.90. The summed E-state index contributed by atoms with van der Waals surface area (Å²) in [6.45, 7) is 2.25. The number of nitro groups is 1. The van der Waals surface area contributed by atoms with Gasteiger partial charge in [0.25, 0.3) is 5.69 Å². The maximum absolute atomic E-state index is 11.2. The van der Waals surface area contributed by atoms with Crippen molar-refractivity contribution in [1.82, 2.24) is 0 Å². The van der Waals surface area contributed by atoms with Crippen LogP contribution in [0.3, 0.4) is 0 Å². The lowest BCUT2D eigenvalue weighted by Gasteiger charge is -2.34. The molecular formula is C15H19N3O2. The molecule has 2 rings (SSSR count). The van der Waals surface area contributed by atoms with Crippen LogP contribution in [0.1, 0.15) is 38.2 Å². The van der Waals surface area contributed by atoms with Gasteiger partial charge >= 0.3 is 0 Å². The van der Waals surface area contributed by atoms with Gasteiger partial charge in [0, 0.05) is 19.2 Å². The molecule has 0 saturated heterocycles. The van der Waals surface area contributed by atoms with Crippen LogP contribution in [0, 0.1) is 27.4 Å². The first-order chi connectivity index (χ1) is 9.52. The second-order valence-electron chi connectivity index (χ2n) is 5.60. The summed E-state index contributed by atoms with van der Waals surface area (Å²) in [5.41, 5.74) is 0.949. The lowest BCUT2D eigenvalue weighted by atomic mass is 9.86. The Hall–Kier alpha value is -2.09. The van der Waals surface area contributed by atoms with Gasteiger partial charge in [0.1, 0.15) is 5.69 Å². The molecular weight excluding hydrogens is 254 g/mol. The van der Waals surface area contributed by atoms with Gasteiger partial charge in [0.15, 0.2) is 0 Å². The summed E-state index contributed by atoms with van der Waals surface area (Å²) < 4.78 is 0. The molecule has 0 aromatic heterocycles. The summed E-state index contributed by atoms with van der Waals surface area (Å²) in [7, 11) is 1.91. The van der Waals surface area contributed by atoms with E-state index >= 15 is 0 Å². The molecule has 0 aliphatic heterocycles. The van der Waals surface area contributed by atoms with E-state index in [4.69, 9.17) is 5.26 Å². The van der Waals surface area contributed by atoms with Crippen LogP contribution in [0.15, 0.2) is 18.2 Å². The molecule has 0 N–H and O–H groups in total. The van der Waals surface area contributed by atoms with Crippen LogP contribution >= 0.6 is 0 Å². The average molecular weight is 273 g/mol. The molecule has 20 heavy (non-hydrogen) atoms. The minimum absolute atomic E-state index is 0.0187. The predicted molar refractivity (Wildman–Crippen MR) is 77.6 cm³/mol. The smallest absolute Gasteiger partial charge is 0.293 e. The second kappa shape index (κ2) is 5.91. The Morgan fingerprint density at radius 3 is 2.55 bits per heavy atom. The predicted octanol–water partition coefficient (Wildman–Crippen LogP) is 3.48. The fourth-order valence-corrected chi connectivity index (χ4v) is 2.86. The second-order valence-corrected chi connectivity index (χ2v) is 5.60. The van der Waals surface area contributed by atoms with E-state index in [1.165, 1.54) is 18.9 Å². The Morgan fingerprint density at radius 1 is 1.35 bits per heavy atom. The summed E-state index contributed by atoms with van der Waals surface area (Å²) in [6, 6.07) is 6.99. The van der Waals surface area contributed by atoms with Crippen LogP contribution in [0.5, 0.6) is 0 Å². The van der Waals surface area contributed by atoms with Gasteiger partial charge in [-0.25, -0.2) is 0 Å². The van der Waals surface area contributed by atoms with Crippen LogP contribution in [0.4, 0.5) is 11.4 Å². The first kappa shape index (κ1) is 14.3. The fourth-order valence-electron chi connectivity index (χ4n) is 2.86. The van der Waals surface area contributed by atoms with Crippen LogP contribution in [-0.4, -0.2) is 18.0 Å². The molecule has 1 fully saturated rings. The van der Waals surface area contributed by atoms with Gasteiger partial charge in [-0.1, -0.05) is 6.92 Å². The van der Waals surface area contributed by atoms with E-state index in [1.54, 1.807) is 12.1 Å². The van der Waals surface area contributed by atoms with Crippen molar-refractivity contribution in [2.75, 3.05) is 11.9 Å². The highest BCUT2D eigenvalue weighted by Gasteiger charge is 2.26. The zero-order chi connectivity index (χ0) is 14.7. The Bertz CT molecular complexity index is 543. The Balaban J connectivity index is 2.27. The van der Waals surface area contributed by atoms with Gasteiger partial charge in [0.2, 0.25) is 0 Å². The number of hydrogen-bond acceptors (Lipinski definition) is 4. The molecule has 0 unspecified atom stereocenters. The molecule has 0 spiro atoms. The van der Waals surface area contributed by atoms with E-state index in [2.05, 4.69) is 6.92 Å². The van der Waals surface area contributed by atoms with Gasteiger partial charge in [-0.05, 0) is 43.7 Å². The summed E-state index contributed by atoms with van der Waals surface area (Å²) in [4.78, 5) is 12.8. The van der Waals surface area contributed by atoms with Crippen molar-refractivity contribution in [1.29, 1.82) is 5.26 Å². The SMILES string of the molecule is CC1CCC(N(C)c2ccc(C#N)cc2[N+](=O)[O-])CC1. The molecule has 1 aliphatic rings. The third-order valence-electron chi connectivity index (χ3n) is 4.21. The van der Waals surface area contributed by atoms with Crippen LogP contribution in [0.2, 0.25) is 0 Å². The minimum atomic E-state index is -0.405. The van der Waals surface area contributed by atoms with Crippen molar-refractivity contribution in [3.05, 3.63) is 33.9 Å². The molecule has 1 aliphatic carbocycles. The van der Waals surface area contributed by atoms with Crippen molar-refractivity contribution in [2.45, 2.75) is 38.6 Å². The van der Waals surface area contributed by atoms with Gasteiger partial charge < -0.3 is 4.90 Å². The van der Waals surface area contributed by atoms with Gasteiger partial charge in [-0.3, -0.25) is 10.1 Å². The number of rotatable bonds is 3. The van der Waals surface area contributed by atoms with E-state index < -0.39 is 4.92 Å². The first-order valence-electron chi connectivity index (χ1n) is 6.94. The molecule has 5 nitrogen and oxygen atoms in total. The Morgan fingerprint density at radius 2 is 2.00 bits per heavy atom. The Labute approximate surface area is 119 Å². The van der Waals surface area contributed by atoms with Crippen LogP contribution in [0.25, 0.3) is 0 Å². The molecule has 106 valence electrons. The topological polar surface area (TPSA) is 70.2 Å². The molecule has 0 amide bonds. The van der Waals surface area contributed by atoms with E-state index in [-0.39, 0.29) is 5.69 Å². The largest absolute Gasteiger partial charge is 0.366 e. The standard InChI is InChI=1S/C15H19N3O2/c1-11-3-6-13(7-4-11)17(2)14-8-5-12(10-16)9-15(14)18(19)20/h5,8-9,11,13H,3-4,6-7H2,1-2H3. The minimum Gasteiger partial charge on any atom is -0.366 e. The van der Waals surface area contributed by atoms with E-state index in [9.17, 15) is 10.1 Å². The lowest BCUT2D eigenvalue weighted by molar-refractivity contribution is -0.384. The van der Waals surface area contributed by atoms with Crippen LogP contribution < -0.4 is 4.90 Å². The van der Waals surface area contributed by atoms with E-state index in [0.29, 0.717) is 17.3 Å². The van der Waals surface area contributed by atoms with Gasteiger partial charge in [-0.2, -0.15) is 5.26 Å². The normalized spacial score (nSPS) is 22.1. The zero-order valence-corrected chi connectivity index (χ0v) is 11.9. The van der Waals surface area contributed by atoms with E-state index in [0.717, 1.165) is 18.8 Å². The number of nitrogens with zero attached hydrogens (tertiary/aromatic N) is 3. The molecule has 1 aromatic carbocycles. The monoisotopic (exact) mass is 273 g/mol. The zero-order valence-electron chi connectivity index (χ0n) is 11.9. The quantitative estimate of drug-likeness (QED) is 0.624. The van der Waals surface area contributed by atoms with E-state index in [1.807, 2.05) is 18.0 Å². The fraction of sp³-hybridized carbons (Fsp3) is 0.533. The molecule has 1 saturated carbocycles. The average Bonchev–Trinajstić information content (AvgIpc) is 2.46. The highest BCUT2D eigenvalue weighted by molar-refractivity contribution is 5.65. The van der Waals surface area contributed by atoms with Crippen LogP contribution in [-0.2, 0) is 0 Å². The number of benzene rings is 1. The molecule has 5 heteroatoms. The van der Waals surface area contributed by atoms with Crippen molar-refractivity contribution in [3.63, 3.8) is 0 Å². The Kier molecular flexibility index (Phi) is 4.23. The van der Waals surface area contributed by atoms with Crippen molar-refractivity contribution in [3.8, 4) is 6.07 Å². The molecule has 0 bridgehead atoms. The summed E-state index contributed by atoms with van der Waals surface area (Å²) in [5, 5.41) is 20.1. The molecule has 0 atom stereocenters. The molecule has 1 aromatic rings. The first-order valence-corrected chi connectivity index (χ1v) is 6.94. The maximum Gasteiger partial charge on any atom is 0.293 e.